The predicted molar refractivity (Wildman–Crippen MR) is 99.0 cm³/mol. The fourth-order valence-corrected chi connectivity index (χ4v) is 3.54. The fourth-order valence-electron chi connectivity index (χ4n) is 3.54. The number of fused-ring (bicyclic) bond motifs is 3. The highest BCUT2D eigenvalue weighted by Gasteiger charge is 2.17. The van der Waals surface area contributed by atoms with Crippen molar-refractivity contribution in [2.24, 2.45) is 0 Å². The number of nitrogens with two attached hydrogens (primary N) is 2. The van der Waals surface area contributed by atoms with Crippen LogP contribution in [0.5, 0.6) is 0 Å². The summed E-state index contributed by atoms with van der Waals surface area (Å²) < 4.78 is 2.03. The van der Waals surface area contributed by atoms with Crippen LogP contribution in [-0.4, -0.2) is 14.4 Å². The Morgan fingerprint density at radius 2 is 1.71 bits per heavy atom. The molecule has 2 aromatic heterocycles. The van der Waals surface area contributed by atoms with Crippen LogP contribution >= 0.6 is 0 Å². The third-order valence-electron chi connectivity index (χ3n) is 4.44. The lowest BCUT2D eigenvalue weighted by Crippen LogP contribution is -2.03. The van der Waals surface area contributed by atoms with Crippen LogP contribution in [-0.2, 0) is 0 Å². The van der Waals surface area contributed by atoms with E-state index in [4.69, 9.17) is 11.5 Å². The summed E-state index contributed by atoms with van der Waals surface area (Å²) in [5.74, 6) is 1.30. The van der Waals surface area contributed by atoms with Crippen LogP contribution in [0.15, 0.2) is 36.5 Å². The van der Waals surface area contributed by atoms with Crippen molar-refractivity contribution in [3.8, 4) is 11.4 Å². The summed E-state index contributed by atoms with van der Waals surface area (Å²) in [5, 5.41) is 0. The molecule has 0 saturated heterocycles. The van der Waals surface area contributed by atoms with Crippen LogP contribution in [0.25, 0.3) is 27.9 Å². The quantitative estimate of drug-likeness (QED) is 0.525. The van der Waals surface area contributed by atoms with Gasteiger partial charge < -0.3 is 11.5 Å². The molecule has 0 unspecified atom stereocenters. The molecule has 4 N–H and O–H groups in total. The molecule has 0 bridgehead atoms. The number of rotatable bonds is 1. The van der Waals surface area contributed by atoms with Gasteiger partial charge in [0.05, 0.1) is 22.9 Å². The average Bonchev–Trinajstić information content (AvgIpc) is 2.91. The van der Waals surface area contributed by atoms with Crippen LogP contribution in [0.2, 0.25) is 0 Å². The van der Waals surface area contributed by atoms with Gasteiger partial charge in [0, 0.05) is 5.56 Å². The largest absolute Gasteiger partial charge is 0.397 e. The zero-order valence-corrected chi connectivity index (χ0v) is 14.0. The summed E-state index contributed by atoms with van der Waals surface area (Å²) in [7, 11) is 0. The summed E-state index contributed by atoms with van der Waals surface area (Å²) in [5.41, 5.74) is 20.1. The van der Waals surface area contributed by atoms with Gasteiger partial charge in [-0.25, -0.2) is 9.97 Å². The molecule has 24 heavy (non-hydrogen) atoms. The van der Waals surface area contributed by atoms with Crippen LogP contribution in [0, 0.1) is 20.8 Å². The van der Waals surface area contributed by atoms with E-state index in [0.717, 1.165) is 27.9 Å². The smallest absolute Gasteiger partial charge is 0.150 e. The van der Waals surface area contributed by atoms with Gasteiger partial charge in [0.2, 0.25) is 0 Å². The summed E-state index contributed by atoms with van der Waals surface area (Å²) in [6.07, 6.45) is 1.77. The summed E-state index contributed by atoms with van der Waals surface area (Å²) in [4.78, 5) is 9.12. The first-order chi connectivity index (χ1) is 11.5. The van der Waals surface area contributed by atoms with E-state index in [9.17, 15) is 0 Å². The number of anilines is 2. The van der Waals surface area contributed by atoms with Crippen molar-refractivity contribution in [3.63, 3.8) is 0 Å². The fraction of sp³-hybridized carbons (Fsp3) is 0.158. The minimum Gasteiger partial charge on any atom is -0.397 e. The minimum absolute atomic E-state index is 0.453. The highest BCUT2D eigenvalue weighted by atomic mass is 15.1. The molecule has 2 aromatic carbocycles. The molecule has 0 aliphatic heterocycles. The van der Waals surface area contributed by atoms with Gasteiger partial charge >= 0.3 is 0 Å². The Labute approximate surface area is 140 Å². The first-order valence-corrected chi connectivity index (χ1v) is 7.86. The molecule has 5 nitrogen and oxygen atoms in total. The third kappa shape index (κ3) is 1.94. The first kappa shape index (κ1) is 14.5. The number of hydrogen-bond donors (Lipinski definition) is 2. The molecule has 0 aliphatic rings. The lowest BCUT2D eigenvalue weighted by Gasteiger charge is -2.13. The number of hydrogen-bond acceptors (Lipinski definition) is 4. The van der Waals surface area contributed by atoms with Crippen molar-refractivity contribution in [2.45, 2.75) is 20.8 Å². The molecule has 0 aliphatic carbocycles. The maximum Gasteiger partial charge on any atom is 0.150 e. The SMILES string of the molecule is Cc1cc(C)c(-c2ncc3c(N)nc4cccc(N)c4n23)c(C)c1. The zero-order chi connectivity index (χ0) is 17.0. The standard InChI is InChI=1S/C19H19N5/c1-10-7-11(2)16(12(3)8-10)19-22-9-15-18(21)23-14-6-4-5-13(20)17(14)24(15)19/h4-9H,20H2,1-3H3,(H2,21,23). The Morgan fingerprint density at radius 3 is 2.42 bits per heavy atom. The molecule has 4 aromatic rings. The molecule has 0 amide bonds. The highest BCUT2D eigenvalue weighted by molar-refractivity contribution is 5.93. The van der Waals surface area contributed by atoms with E-state index in [-0.39, 0.29) is 0 Å². The number of aryl methyl sites for hydroxylation is 3. The number of benzene rings is 2. The maximum absolute atomic E-state index is 6.25. The van der Waals surface area contributed by atoms with E-state index in [2.05, 4.69) is 42.9 Å². The van der Waals surface area contributed by atoms with Crippen molar-refractivity contribution in [3.05, 3.63) is 53.2 Å². The monoisotopic (exact) mass is 317 g/mol. The van der Waals surface area contributed by atoms with Crippen molar-refractivity contribution in [1.29, 1.82) is 0 Å². The molecule has 0 fully saturated rings. The van der Waals surface area contributed by atoms with Gasteiger partial charge in [-0.3, -0.25) is 4.40 Å². The van der Waals surface area contributed by atoms with E-state index in [1.54, 1.807) is 6.20 Å². The van der Waals surface area contributed by atoms with Gasteiger partial charge in [0.25, 0.3) is 0 Å². The van der Waals surface area contributed by atoms with E-state index in [1.165, 1.54) is 16.7 Å². The van der Waals surface area contributed by atoms with E-state index in [1.807, 2.05) is 22.6 Å². The van der Waals surface area contributed by atoms with Crippen molar-refractivity contribution in [1.82, 2.24) is 14.4 Å². The maximum atomic E-state index is 6.25. The van der Waals surface area contributed by atoms with Gasteiger partial charge in [-0.05, 0) is 44.0 Å². The van der Waals surface area contributed by atoms with Crippen molar-refractivity contribution >= 4 is 28.1 Å². The second-order valence-electron chi connectivity index (χ2n) is 6.29. The highest BCUT2D eigenvalue weighted by Crippen LogP contribution is 2.33. The van der Waals surface area contributed by atoms with Gasteiger partial charge in [-0.2, -0.15) is 0 Å². The molecular weight excluding hydrogens is 298 g/mol. The summed E-state index contributed by atoms with van der Waals surface area (Å²) >= 11 is 0. The van der Waals surface area contributed by atoms with Gasteiger partial charge in [0.1, 0.15) is 17.2 Å². The van der Waals surface area contributed by atoms with E-state index < -0.39 is 0 Å². The van der Waals surface area contributed by atoms with E-state index >= 15 is 0 Å². The topological polar surface area (TPSA) is 82.2 Å². The molecule has 0 saturated carbocycles. The Morgan fingerprint density at radius 1 is 1.00 bits per heavy atom. The zero-order valence-electron chi connectivity index (χ0n) is 14.0. The van der Waals surface area contributed by atoms with Crippen LogP contribution in [0.1, 0.15) is 16.7 Å². The van der Waals surface area contributed by atoms with E-state index in [0.29, 0.717) is 11.5 Å². The molecule has 5 heteroatoms. The lowest BCUT2D eigenvalue weighted by molar-refractivity contribution is 1.17. The minimum atomic E-state index is 0.453. The Bertz CT molecular complexity index is 1080. The third-order valence-corrected chi connectivity index (χ3v) is 4.44. The summed E-state index contributed by atoms with van der Waals surface area (Å²) in [6, 6.07) is 10.0. The van der Waals surface area contributed by atoms with Gasteiger partial charge in [0.15, 0.2) is 0 Å². The van der Waals surface area contributed by atoms with Crippen LogP contribution < -0.4 is 11.5 Å². The number of aromatic nitrogens is 3. The van der Waals surface area contributed by atoms with Crippen LogP contribution in [0.3, 0.4) is 0 Å². The predicted octanol–water partition coefficient (Wildman–Crippen LogP) is 3.64. The van der Waals surface area contributed by atoms with Gasteiger partial charge in [-0.1, -0.05) is 23.8 Å². The molecule has 0 radical (unpaired) electrons. The molecular formula is C19H19N5. The normalized spacial score (nSPS) is 11.5. The van der Waals surface area contributed by atoms with Crippen LogP contribution in [0.4, 0.5) is 11.5 Å². The molecule has 120 valence electrons. The molecule has 2 heterocycles. The summed E-state index contributed by atoms with van der Waals surface area (Å²) in [6.45, 7) is 6.31. The van der Waals surface area contributed by atoms with Gasteiger partial charge in [-0.15, -0.1) is 0 Å². The number of para-hydroxylation sites is 1. The second-order valence-corrected chi connectivity index (χ2v) is 6.29. The first-order valence-electron chi connectivity index (χ1n) is 7.86. The molecule has 4 rings (SSSR count). The Hall–Kier alpha value is -3.08. The average molecular weight is 317 g/mol. The van der Waals surface area contributed by atoms with Crippen molar-refractivity contribution in [2.75, 3.05) is 11.5 Å². The number of imidazole rings is 1. The number of nitrogen functional groups attached to an aromatic ring is 2. The Kier molecular flexibility index (Phi) is 3.00. The lowest BCUT2D eigenvalue weighted by atomic mass is 9.99. The van der Waals surface area contributed by atoms with Crippen molar-refractivity contribution < 1.29 is 0 Å². The molecule has 0 atom stereocenters. The molecule has 0 spiro atoms. The second kappa shape index (κ2) is 4.96. The number of nitrogens with zero attached hydrogens (tertiary/aromatic N) is 3. The Balaban J connectivity index is 2.21.